The molecular weight excluding hydrogens is 536 g/mol. The third kappa shape index (κ3) is 5.43. The minimum Gasteiger partial charge on any atom is -0.425 e. The largest absolute Gasteiger partial charge is 0.425 e. The average Bonchev–Trinajstić information content (AvgIpc) is 3.42. The van der Waals surface area contributed by atoms with Crippen molar-refractivity contribution in [3.63, 3.8) is 0 Å². The molecule has 0 unspecified atom stereocenters. The molecule has 3 aromatic rings. The highest BCUT2D eigenvalue weighted by atomic mass is 32.2. The third-order valence-electron chi connectivity index (χ3n) is 5.97. The summed E-state index contributed by atoms with van der Waals surface area (Å²) in [6, 6.07) is 20.5. The standard InChI is InChI=1S/C29H24N2O6S2/c1-17-14-22(36-18(2)32)25-26(24(17)37-19(3)33)39-29(38-25)23-27(34)30(15-20-10-6-4-7-11-20)31(28(23)35)16-21-12-8-5-9-13-21/h4-14H,15-16H2,1-3H3. The minimum atomic E-state index is -0.514. The van der Waals surface area contributed by atoms with E-state index in [2.05, 4.69) is 0 Å². The second-order valence-corrected chi connectivity index (χ2v) is 11.2. The van der Waals surface area contributed by atoms with Crippen molar-refractivity contribution in [2.45, 2.75) is 43.7 Å². The van der Waals surface area contributed by atoms with Crippen molar-refractivity contribution in [1.29, 1.82) is 0 Å². The molecule has 0 bridgehead atoms. The zero-order valence-corrected chi connectivity index (χ0v) is 23.1. The number of rotatable bonds is 6. The van der Waals surface area contributed by atoms with Gasteiger partial charge in [0, 0.05) is 13.8 Å². The van der Waals surface area contributed by atoms with Crippen LogP contribution in [0.2, 0.25) is 0 Å². The number of benzene rings is 3. The number of hydrogen-bond donors (Lipinski definition) is 0. The number of aryl methyl sites for hydroxylation is 1. The molecule has 10 heteroatoms. The van der Waals surface area contributed by atoms with E-state index in [9.17, 15) is 19.2 Å². The quantitative estimate of drug-likeness (QED) is 0.175. The van der Waals surface area contributed by atoms with Crippen LogP contribution in [0, 0.1) is 6.92 Å². The summed E-state index contributed by atoms with van der Waals surface area (Å²) in [4.78, 5) is 52.4. The normalized spacial score (nSPS) is 14.6. The summed E-state index contributed by atoms with van der Waals surface area (Å²) < 4.78 is 11.4. The van der Waals surface area contributed by atoms with Crippen LogP contribution in [0.25, 0.3) is 0 Å². The second-order valence-electron chi connectivity index (χ2n) is 8.93. The predicted molar refractivity (Wildman–Crippen MR) is 147 cm³/mol. The summed E-state index contributed by atoms with van der Waals surface area (Å²) in [5, 5.41) is 2.92. The Labute approximate surface area is 233 Å². The van der Waals surface area contributed by atoms with E-state index in [0.717, 1.165) is 34.7 Å². The molecule has 2 amide bonds. The van der Waals surface area contributed by atoms with Crippen LogP contribution in [0.3, 0.4) is 0 Å². The molecule has 39 heavy (non-hydrogen) atoms. The highest BCUT2D eigenvalue weighted by molar-refractivity contribution is 8.25. The summed E-state index contributed by atoms with van der Waals surface area (Å²) >= 11 is 2.32. The molecule has 0 aromatic heterocycles. The van der Waals surface area contributed by atoms with Crippen LogP contribution in [0.1, 0.15) is 30.5 Å². The van der Waals surface area contributed by atoms with Crippen LogP contribution >= 0.6 is 23.5 Å². The highest BCUT2D eigenvalue weighted by Crippen LogP contribution is 2.60. The molecule has 0 atom stereocenters. The average molecular weight is 561 g/mol. The van der Waals surface area contributed by atoms with Crippen molar-refractivity contribution in [2.24, 2.45) is 0 Å². The lowest BCUT2D eigenvalue weighted by Gasteiger charge is -2.27. The zero-order valence-electron chi connectivity index (χ0n) is 21.4. The van der Waals surface area contributed by atoms with Crippen LogP contribution < -0.4 is 9.47 Å². The number of hydrogen-bond acceptors (Lipinski definition) is 8. The molecule has 2 heterocycles. The molecule has 1 saturated heterocycles. The number of hydrazine groups is 1. The number of carbonyl (C=O) groups is 4. The van der Waals surface area contributed by atoms with E-state index in [4.69, 9.17) is 9.47 Å². The van der Waals surface area contributed by atoms with E-state index >= 15 is 0 Å². The maximum absolute atomic E-state index is 13.9. The van der Waals surface area contributed by atoms with Crippen molar-refractivity contribution in [3.8, 4) is 11.5 Å². The van der Waals surface area contributed by atoms with E-state index < -0.39 is 23.8 Å². The minimum absolute atomic E-state index is 0.0215. The Morgan fingerprint density at radius 3 is 1.72 bits per heavy atom. The van der Waals surface area contributed by atoms with E-state index in [1.807, 2.05) is 60.7 Å². The zero-order chi connectivity index (χ0) is 27.7. The Morgan fingerprint density at radius 2 is 1.23 bits per heavy atom. The number of nitrogens with zero attached hydrogens (tertiary/aromatic N) is 2. The monoisotopic (exact) mass is 560 g/mol. The smallest absolute Gasteiger partial charge is 0.308 e. The van der Waals surface area contributed by atoms with Crippen LogP contribution in [-0.2, 0) is 32.3 Å². The van der Waals surface area contributed by atoms with Gasteiger partial charge in [-0.3, -0.25) is 19.2 Å². The first-order valence-corrected chi connectivity index (χ1v) is 13.7. The summed E-state index contributed by atoms with van der Waals surface area (Å²) in [6.07, 6.45) is 0. The molecule has 0 spiro atoms. The first-order valence-electron chi connectivity index (χ1n) is 12.1. The molecule has 3 aromatic carbocycles. The fourth-order valence-electron chi connectivity index (χ4n) is 4.29. The fourth-order valence-corrected chi connectivity index (χ4v) is 7.01. The molecule has 5 rings (SSSR count). The van der Waals surface area contributed by atoms with Crippen molar-refractivity contribution < 1.29 is 28.7 Å². The maximum Gasteiger partial charge on any atom is 0.308 e. The third-order valence-corrected chi connectivity index (χ3v) is 8.58. The Balaban J connectivity index is 1.58. The second kappa shape index (κ2) is 11.0. The fraction of sp³-hybridized carbons (Fsp3) is 0.172. The first kappa shape index (κ1) is 26.6. The SMILES string of the molecule is CC(=O)Oc1cc(C)c(OC(C)=O)c2c1SC(=C1C(=O)N(Cc3ccccc3)N(Cc3ccccc3)C1=O)S2. The number of fused-ring (bicyclic) bond motifs is 1. The van der Waals surface area contributed by atoms with Crippen LogP contribution in [0.15, 0.2) is 86.3 Å². The number of carbonyl (C=O) groups excluding carboxylic acids is 4. The van der Waals surface area contributed by atoms with Crippen molar-refractivity contribution >= 4 is 47.3 Å². The lowest BCUT2D eigenvalue weighted by atomic mass is 10.2. The molecule has 2 aliphatic rings. The Hall–Kier alpha value is -4.02. The van der Waals surface area contributed by atoms with Crippen LogP contribution in [0.4, 0.5) is 0 Å². The summed E-state index contributed by atoms with van der Waals surface area (Å²) in [5.41, 5.74) is 2.36. The van der Waals surface area contributed by atoms with Gasteiger partial charge >= 0.3 is 11.9 Å². The van der Waals surface area contributed by atoms with Gasteiger partial charge in [0.1, 0.15) is 17.1 Å². The highest BCUT2D eigenvalue weighted by Gasteiger charge is 2.45. The van der Waals surface area contributed by atoms with Crippen LogP contribution in [-0.4, -0.2) is 33.8 Å². The summed E-state index contributed by atoms with van der Waals surface area (Å²) in [5.74, 6) is -1.30. The van der Waals surface area contributed by atoms with Gasteiger partial charge in [-0.15, -0.1) is 0 Å². The van der Waals surface area contributed by atoms with E-state index in [-0.39, 0.29) is 24.4 Å². The lowest BCUT2D eigenvalue weighted by molar-refractivity contribution is -0.149. The molecule has 2 aliphatic heterocycles. The lowest BCUT2D eigenvalue weighted by Crippen LogP contribution is -2.39. The Morgan fingerprint density at radius 1 is 0.744 bits per heavy atom. The van der Waals surface area contributed by atoms with Gasteiger partial charge in [0.2, 0.25) is 0 Å². The molecule has 1 fully saturated rings. The van der Waals surface area contributed by atoms with Gasteiger partial charge in [0.15, 0.2) is 0 Å². The first-order chi connectivity index (χ1) is 18.7. The van der Waals surface area contributed by atoms with E-state index in [1.54, 1.807) is 13.0 Å². The Bertz CT molecular complexity index is 1460. The molecule has 8 nitrogen and oxygen atoms in total. The number of esters is 2. The van der Waals surface area contributed by atoms with Crippen molar-refractivity contribution in [1.82, 2.24) is 10.0 Å². The van der Waals surface area contributed by atoms with E-state index in [0.29, 0.717) is 25.3 Å². The number of thioether (sulfide) groups is 2. The van der Waals surface area contributed by atoms with Gasteiger partial charge < -0.3 is 9.47 Å². The number of amides is 2. The van der Waals surface area contributed by atoms with E-state index in [1.165, 1.54) is 23.9 Å². The Kier molecular flexibility index (Phi) is 7.49. The summed E-state index contributed by atoms with van der Waals surface area (Å²) in [7, 11) is 0. The predicted octanol–water partition coefficient (Wildman–Crippen LogP) is 5.24. The van der Waals surface area contributed by atoms with Gasteiger partial charge in [-0.05, 0) is 29.7 Å². The molecular formula is C29H24N2O6S2. The van der Waals surface area contributed by atoms with Crippen molar-refractivity contribution in [2.75, 3.05) is 0 Å². The molecule has 0 aliphatic carbocycles. The van der Waals surface area contributed by atoms with Gasteiger partial charge in [-0.1, -0.05) is 84.2 Å². The molecule has 198 valence electrons. The molecule has 0 saturated carbocycles. The maximum atomic E-state index is 13.9. The molecule has 0 radical (unpaired) electrons. The van der Waals surface area contributed by atoms with Gasteiger partial charge in [-0.2, -0.15) is 0 Å². The van der Waals surface area contributed by atoms with Gasteiger partial charge in [0.05, 0.1) is 27.1 Å². The number of ether oxygens (including phenoxy) is 2. The van der Waals surface area contributed by atoms with Crippen LogP contribution in [0.5, 0.6) is 11.5 Å². The molecule has 0 N–H and O–H groups in total. The topological polar surface area (TPSA) is 93.2 Å². The van der Waals surface area contributed by atoms with Gasteiger partial charge in [0.25, 0.3) is 11.8 Å². The van der Waals surface area contributed by atoms with Gasteiger partial charge in [-0.25, -0.2) is 10.0 Å². The van der Waals surface area contributed by atoms with Crippen molar-refractivity contribution in [3.05, 3.63) is 93.2 Å². The summed E-state index contributed by atoms with van der Waals surface area (Å²) in [6.45, 7) is 4.75.